The third-order valence-corrected chi connectivity index (χ3v) is 1.60. The number of carbonyl (C=O) groups is 2. The molecule has 0 amide bonds. The molecule has 0 aromatic carbocycles. The molecule has 0 spiro atoms. The summed E-state index contributed by atoms with van der Waals surface area (Å²) in [7, 11) is 0.199. The summed E-state index contributed by atoms with van der Waals surface area (Å²) < 4.78 is 0. The van der Waals surface area contributed by atoms with Crippen molar-refractivity contribution in [2.24, 2.45) is 0 Å². The maximum Gasteiger partial charge on any atom is 1.00 e. The quantitative estimate of drug-likeness (QED) is 0.263. The van der Waals surface area contributed by atoms with E-state index in [0.29, 0.717) is 0 Å². The van der Waals surface area contributed by atoms with Gasteiger partial charge in [-0.3, -0.25) is 0 Å². The standard InChI is InChI=1S/C2H2O4S2.2Li/c3-1(4)7-8-2(5)6;;/h(H,3,4)(H,5,6);;/q;2*+1/p-2. The number of carboxylic acid groups (broad SMARTS) is 2. The average molecular weight is 166 g/mol. The molecule has 0 aromatic rings. The molecule has 0 fully saturated rings. The fourth-order valence-electron chi connectivity index (χ4n) is 0.0680. The first-order chi connectivity index (χ1) is 3.63. The molecular weight excluding hydrogens is 166 g/mol. The van der Waals surface area contributed by atoms with E-state index in [1.54, 1.807) is 0 Å². The molecule has 8 heteroatoms. The van der Waals surface area contributed by atoms with Gasteiger partial charge in [0.25, 0.3) is 0 Å². The Kier molecular flexibility index (Phi) is 16.8. The van der Waals surface area contributed by atoms with Gasteiger partial charge in [0.2, 0.25) is 0 Å². The van der Waals surface area contributed by atoms with E-state index in [2.05, 4.69) is 0 Å². The molecule has 4 nitrogen and oxygen atoms in total. The maximum atomic E-state index is 9.44. The van der Waals surface area contributed by atoms with E-state index in [9.17, 15) is 19.8 Å². The van der Waals surface area contributed by atoms with Crippen LogP contribution in [0.5, 0.6) is 0 Å². The Labute approximate surface area is 89.3 Å². The fraction of sp³-hybridized carbons (Fsp3) is 0. The van der Waals surface area contributed by atoms with Crippen molar-refractivity contribution in [3.8, 4) is 0 Å². The zero-order valence-electron chi connectivity index (χ0n) is 5.45. The zero-order chi connectivity index (χ0) is 6.57. The molecule has 0 radical (unpaired) electrons. The van der Waals surface area contributed by atoms with Crippen LogP contribution in [-0.2, 0) is 0 Å². The summed E-state index contributed by atoms with van der Waals surface area (Å²) in [6, 6.07) is 0. The van der Waals surface area contributed by atoms with Crippen LogP contribution in [0.25, 0.3) is 0 Å². The minimum Gasteiger partial charge on any atom is -0.538 e. The topological polar surface area (TPSA) is 80.3 Å². The number of carbonyl (C=O) groups excluding carboxylic acids is 2. The summed E-state index contributed by atoms with van der Waals surface area (Å²) in [5.41, 5.74) is 0. The molecule has 46 valence electrons. The van der Waals surface area contributed by atoms with E-state index in [4.69, 9.17) is 0 Å². The summed E-state index contributed by atoms with van der Waals surface area (Å²) in [4.78, 5) is 18.9. The van der Waals surface area contributed by atoms with Crippen LogP contribution in [0.4, 0.5) is 9.59 Å². The van der Waals surface area contributed by atoms with Gasteiger partial charge in [0.05, 0.1) is 0 Å². The van der Waals surface area contributed by atoms with Gasteiger partial charge in [0, 0.05) is 0 Å². The van der Waals surface area contributed by atoms with Gasteiger partial charge in [-0.25, -0.2) is 0 Å². The van der Waals surface area contributed by atoms with Crippen LogP contribution in [-0.4, -0.2) is 10.6 Å². The molecule has 0 bridgehead atoms. The van der Waals surface area contributed by atoms with Crippen molar-refractivity contribution in [3.05, 3.63) is 0 Å². The second kappa shape index (κ2) is 9.83. The second-order valence-electron chi connectivity index (χ2n) is 0.667. The molecule has 0 aliphatic rings. The number of hydrogen-bond acceptors (Lipinski definition) is 6. The van der Waals surface area contributed by atoms with Crippen LogP contribution in [0.15, 0.2) is 0 Å². The molecule has 0 rings (SSSR count). The van der Waals surface area contributed by atoms with Crippen molar-refractivity contribution in [2.75, 3.05) is 0 Å². The zero-order valence-corrected chi connectivity index (χ0v) is 7.08. The SMILES string of the molecule is O=C([O-])SSC(=O)[O-].[Li+].[Li+]. The molecule has 0 unspecified atom stereocenters. The molecule has 0 N–H and O–H groups in total. The van der Waals surface area contributed by atoms with Crippen LogP contribution in [0.1, 0.15) is 0 Å². The first-order valence-corrected chi connectivity index (χ1v) is 3.54. The molecule has 0 heterocycles. The van der Waals surface area contributed by atoms with Gasteiger partial charge < -0.3 is 19.8 Å². The van der Waals surface area contributed by atoms with Crippen molar-refractivity contribution in [3.63, 3.8) is 0 Å². The van der Waals surface area contributed by atoms with Gasteiger partial charge in [-0.2, -0.15) is 0 Å². The minimum atomic E-state index is -1.49. The van der Waals surface area contributed by atoms with Crippen molar-refractivity contribution >= 4 is 32.2 Å². The fourth-order valence-corrected chi connectivity index (χ4v) is 0.612. The Morgan fingerprint density at radius 1 is 0.900 bits per heavy atom. The van der Waals surface area contributed by atoms with Crippen molar-refractivity contribution in [1.29, 1.82) is 0 Å². The summed E-state index contributed by atoms with van der Waals surface area (Å²) in [6.07, 6.45) is 0. The minimum absolute atomic E-state index is 0. The Balaban J connectivity index is -0.000000245. The van der Waals surface area contributed by atoms with Gasteiger partial charge in [-0.05, 0) is 21.6 Å². The largest absolute Gasteiger partial charge is 1.00 e. The number of hydrogen-bond donors (Lipinski definition) is 0. The Morgan fingerprint density at radius 3 is 1.20 bits per heavy atom. The van der Waals surface area contributed by atoms with Gasteiger partial charge in [-0.1, -0.05) is 0 Å². The molecule has 0 aliphatic heterocycles. The second-order valence-corrected chi connectivity index (χ2v) is 2.67. The van der Waals surface area contributed by atoms with E-state index in [0.717, 1.165) is 0 Å². The monoisotopic (exact) mass is 166 g/mol. The van der Waals surface area contributed by atoms with Crippen LogP contribution in [0, 0.1) is 0 Å². The van der Waals surface area contributed by atoms with E-state index in [1.165, 1.54) is 0 Å². The molecular formula is C2Li2O4S2. The van der Waals surface area contributed by atoms with E-state index in [1.807, 2.05) is 0 Å². The van der Waals surface area contributed by atoms with Crippen LogP contribution in [0.2, 0.25) is 0 Å². The molecule has 0 saturated carbocycles. The van der Waals surface area contributed by atoms with Crippen LogP contribution in [0.3, 0.4) is 0 Å². The van der Waals surface area contributed by atoms with Gasteiger partial charge in [0.15, 0.2) is 0 Å². The molecule has 0 aromatic heterocycles. The third-order valence-electron chi connectivity index (χ3n) is 0.178. The van der Waals surface area contributed by atoms with Crippen molar-refractivity contribution < 1.29 is 57.5 Å². The van der Waals surface area contributed by atoms with Crippen LogP contribution < -0.4 is 47.9 Å². The van der Waals surface area contributed by atoms with E-state index >= 15 is 0 Å². The Morgan fingerprint density at radius 2 is 1.10 bits per heavy atom. The molecule has 10 heavy (non-hydrogen) atoms. The smallest absolute Gasteiger partial charge is 0.538 e. The van der Waals surface area contributed by atoms with Crippen LogP contribution >= 0.6 is 21.6 Å². The molecule has 0 atom stereocenters. The predicted molar refractivity (Wildman–Crippen MR) is 26.0 cm³/mol. The number of rotatable bonds is 0. The summed E-state index contributed by atoms with van der Waals surface area (Å²) in [6.45, 7) is 0. The third kappa shape index (κ3) is 15.9. The summed E-state index contributed by atoms with van der Waals surface area (Å²) in [5, 5.41) is 15.9. The van der Waals surface area contributed by atoms with Gasteiger partial charge in [-0.15, -0.1) is 0 Å². The Hall–Kier alpha value is 0.835. The average Bonchev–Trinajstić information content (AvgIpc) is 1.61. The summed E-state index contributed by atoms with van der Waals surface area (Å²) in [5.74, 6) is 0. The first kappa shape index (κ1) is 17.1. The van der Waals surface area contributed by atoms with Crippen molar-refractivity contribution in [2.45, 2.75) is 0 Å². The predicted octanol–water partition coefficient (Wildman–Crippen LogP) is -6.94. The van der Waals surface area contributed by atoms with Gasteiger partial charge in [0.1, 0.15) is 10.6 Å². The van der Waals surface area contributed by atoms with Gasteiger partial charge >= 0.3 is 37.7 Å². The van der Waals surface area contributed by atoms with Crippen molar-refractivity contribution in [1.82, 2.24) is 0 Å². The normalized spacial score (nSPS) is 6.80. The maximum absolute atomic E-state index is 9.44. The van der Waals surface area contributed by atoms with E-state index in [-0.39, 0.29) is 59.3 Å². The molecule has 0 saturated heterocycles. The van der Waals surface area contributed by atoms with E-state index < -0.39 is 10.6 Å². The first-order valence-electron chi connectivity index (χ1n) is 1.39. The Bertz CT molecular complexity index is 104. The summed E-state index contributed by atoms with van der Waals surface area (Å²) >= 11 is 0. The molecule has 0 aliphatic carbocycles.